The lowest BCUT2D eigenvalue weighted by Crippen LogP contribution is -2.11. The van der Waals surface area contributed by atoms with Crippen molar-refractivity contribution in [3.8, 4) is 11.5 Å². The number of ether oxygens (including phenoxy) is 2. The van der Waals surface area contributed by atoms with Crippen molar-refractivity contribution < 1.29 is 19.1 Å². The van der Waals surface area contributed by atoms with Gasteiger partial charge in [-0.25, -0.2) is 9.59 Å². The smallest absolute Gasteiger partial charge is 0.343 e. The minimum absolute atomic E-state index is 0.167. The third-order valence-corrected chi connectivity index (χ3v) is 7.38. The summed E-state index contributed by atoms with van der Waals surface area (Å²) >= 11 is 6.35. The average Bonchev–Trinajstić information content (AvgIpc) is 2.97. The SMILES string of the molecule is CCCCCCCCc1ccc(OC(=O)c2ccc(OC(=O)c3ccc(CCCCCCC)cc3)c(Cl)c2)cc1. The number of carbonyl (C=O) groups is 2. The Morgan fingerprint density at radius 3 is 1.60 bits per heavy atom. The van der Waals surface area contributed by atoms with E-state index in [9.17, 15) is 9.59 Å². The van der Waals surface area contributed by atoms with E-state index >= 15 is 0 Å². The minimum Gasteiger partial charge on any atom is -0.423 e. The Morgan fingerprint density at radius 1 is 0.575 bits per heavy atom. The predicted octanol–water partition coefficient (Wildman–Crippen LogP) is 10.2. The molecule has 0 aliphatic rings. The summed E-state index contributed by atoms with van der Waals surface area (Å²) in [6.45, 7) is 4.44. The van der Waals surface area contributed by atoms with Gasteiger partial charge in [0, 0.05) is 0 Å². The second-order valence-corrected chi connectivity index (χ2v) is 10.9. The van der Waals surface area contributed by atoms with E-state index in [0.29, 0.717) is 11.3 Å². The highest BCUT2D eigenvalue weighted by Gasteiger charge is 2.15. The monoisotopic (exact) mass is 562 g/mol. The molecule has 3 aromatic rings. The van der Waals surface area contributed by atoms with Gasteiger partial charge >= 0.3 is 11.9 Å². The first kappa shape index (κ1) is 31.4. The summed E-state index contributed by atoms with van der Waals surface area (Å²) in [6.07, 6.45) is 15.8. The average molecular weight is 563 g/mol. The predicted molar refractivity (Wildman–Crippen MR) is 164 cm³/mol. The van der Waals surface area contributed by atoms with Gasteiger partial charge in [-0.15, -0.1) is 0 Å². The highest BCUT2D eigenvalue weighted by Crippen LogP contribution is 2.27. The number of hydrogen-bond donors (Lipinski definition) is 0. The summed E-state index contributed by atoms with van der Waals surface area (Å²) in [5, 5.41) is 0.167. The lowest BCUT2D eigenvalue weighted by molar-refractivity contribution is 0.0730. The quantitative estimate of drug-likeness (QED) is 0.0932. The van der Waals surface area contributed by atoms with E-state index < -0.39 is 11.9 Å². The normalized spacial score (nSPS) is 10.9. The van der Waals surface area contributed by atoms with Crippen LogP contribution in [0.2, 0.25) is 5.02 Å². The summed E-state index contributed by atoms with van der Waals surface area (Å²) in [4.78, 5) is 25.3. The Morgan fingerprint density at radius 2 is 1.05 bits per heavy atom. The second kappa shape index (κ2) is 17.6. The molecule has 0 heterocycles. The van der Waals surface area contributed by atoms with Gasteiger partial charge in [-0.2, -0.15) is 0 Å². The molecular weight excluding hydrogens is 520 g/mol. The van der Waals surface area contributed by atoms with Crippen LogP contribution < -0.4 is 9.47 Å². The Hall–Kier alpha value is -3.11. The van der Waals surface area contributed by atoms with E-state index in [-0.39, 0.29) is 16.3 Å². The number of benzene rings is 3. The fourth-order valence-corrected chi connectivity index (χ4v) is 4.83. The second-order valence-electron chi connectivity index (χ2n) is 10.4. The van der Waals surface area contributed by atoms with Gasteiger partial charge in [0.05, 0.1) is 16.1 Å². The van der Waals surface area contributed by atoms with E-state index in [4.69, 9.17) is 21.1 Å². The molecule has 0 radical (unpaired) electrons. The molecule has 3 aromatic carbocycles. The van der Waals surface area contributed by atoms with Crippen molar-refractivity contribution in [3.05, 3.63) is 94.0 Å². The first-order chi connectivity index (χ1) is 19.5. The first-order valence-electron chi connectivity index (χ1n) is 14.9. The van der Waals surface area contributed by atoms with Crippen LogP contribution in [-0.2, 0) is 12.8 Å². The Kier molecular flexibility index (Phi) is 13.8. The summed E-state index contributed by atoms with van der Waals surface area (Å²) in [5.41, 5.74) is 3.18. The van der Waals surface area contributed by atoms with Crippen LogP contribution in [0.3, 0.4) is 0 Å². The third-order valence-electron chi connectivity index (χ3n) is 7.08. The maximum Gasteiger partial charge on any atom is 0.343 e. The largest absolute Gasteiger partial charge is 0.423 e. The molecule has 0 bridgehead atoms. The zero-order valence-electron chi connectivity index (χ0n) is 24.1. The van der Waals surface area contributed by atoms with E-state index in [1.807, 2.05) is 36.4 Å². The molecule has 0 N–H and O–H groups in total. The van der Waals surface area contributed by atoms with E-state index in [0.717, 1.165) is 19.3 Å². The Balaban J connectivity index is 1.47. The molecule has 0 saturated heterocycles. The molecule has 0 atom stereocenters. The van der Waals surface area contributed by atoms with Gasteiger partial charge in [0.1, 0.15) is 11.5 Å². The molecule has 0 fully saturated rings. The highest BCUT2D eigenvalue weighted by molar-refractivity contribution is 6.32. The van der Waals surface area contributed by atoms with Crippen LogP contribution in [0.5, 0.6) is 11.5 Å². The molecule has 3 rings (SSSR count). The van der Waals surface area contributed by atoms with Gasteiger partial charge < -0.3 is 9.47 Å². The molecule has 5 heteroatoms. The van der Waals surface area contributed by atoms with Crippen molar-refractivity contribution in [1.82, 2.24) is 0 Å². The van der Waals surface area contributed by atoms with Crippen LogP contribution in [0.25, 0.3) is 0 Å². The van der Waals surface area contributed by atoms with Gasteiger partial charge in [-0.1, -0.05) is 108 Å². The molecular formula is C35H43ClO4. The van der Waals surface area contributed by atoms with Gasteiger partial charge in [-0.05, 0) is 79.3 Å². The number of halogens is 1. The molecule has 0 saturated carbocycles. The molecule has 0 aliphatic carbocycles. The zero-order chi connectivity index (χ0) is 28.6. The molecule has 0 aliphatic heterocycles. The van der Waals surface area contributed by atoms with Crippen molar-refractivity contribution >= 4 is 23.5 Å². The minimum atomic E-state index is -0.520. The van der Waals surface area contributed by atoms with Crippen molar-refractivity contribution in [2.45, 2.75) is 97.3 Å². The van der Waals surface area contributed by atoms with Crippen LogP contribution in [-0.4, -0.2) is 11.9 Å². The fraction of sp³-hybridized carbons (Fsp3) is 0.429. The maximum atomic E-state index is 12.7. The van der Waals surface area contributed by atoms with Crippen molar-refractivity contribution in [1.29, 1.82) is 0 Å². The molecule has 214 valence electrons. The van der Waals surface area contributed by atoms with Gasteiger partial charge in [0.25, 0.3) is 0 Å². The van der Waals surface area contributed by atoms with Crippen LogP contribution in [0.4, 0.5) is 0 Å². The van der Waals surface area contributed by atoms with E-state index in [1.54, 1.807) is 18.2 Å². The molecule has 40 heavy (non-hydrogen) atoms. The summed E-state index contributed by atoms with van der Waals surface area (Å²) < 4.78 is 11.0. The summed E-state index contributed by atoms with van der Waals surface area (Å²) in [5.74, 6) is -0.337. The van der Waals surface area contributed by atoms with Crippen LogP contribution in [0.1, 0.15) is 116 Å². The van der Waals surface area contributed by atoms with Gasteiger partial charge in [0.15, 0.2) is 0 Å². The lowest BCUT2D eigenvalue weighted by atomic mass is 10.0. The molecule has 0 unspecified atom stereocenters. The van der Waals surface area contributed by atoms with E-state index in [1.165, 1.54) is 87.5 Å². The maximum absolute atomic E-state index is 12.7. The third kappa shape index (κ3) is 10.8. The molecule has 0 spiro atoms. The number of hydrogen-bond acceptors (Lipinski definition) is 4. The van der Waals surface area contributed by atoms with Crippen LogP contribution >= 0.6 is 11.6 Å². The first-order valence-corrected chi connectivity index (χ1v) is 15.3. The number of aryl methyl sites for hydroxylation is 2. The topological polar surface area (TPSA) is 52.6 Å². The van der Waals surface area contributed by atoms with Crippen LogP contribution in [0.15, 0.2) is 66.7 Å². The van der Waals surface area contributed by atoms with Gasteiger partial charge in [-0.3, -0.25) is 0 Å². The summed E-state index contributed by atoms with van der Waals surface area (Å²) in [7, 11) is 0. The number of unbranched alkanes of at least 4 members (excludes halogenated alkanes) is 9. The number of carbonyl (C=O) groups excluding carboxylic acids is 2. The zero-order valence-corrected chi connectivity index (χ0v) is 24.8. The standard InChI is InChI=1S/C35H43ClO4/c1-3-5-7-9-11-13-15-28-18-23-31(24-19-28)39-35(38)30-22-25-33(32(36)26-30)40-34(37)29-20-16-27(17-21-29)14-12-10-8-6-4-2/h16-26H,3-15H2,1-2H3. The number of rotatable bonds is 17. The molecule has 0 aromatic heterocycles. The Bertz CT molecular complexity index is 1190. The lowest BCUT2D eigenvalue weighted by Gasteiger charge is -2.09. The highest BCUT2D eigenvalue weighted by atomic mass is 35.5. The molecule has 0 amide bonds. The Labute approximate surface area is 245 Å². The number of esters is 2. The van der Waals surface area contributed by atoms with Gasteiger partial charge in [0.2, 0.25) is 0 Å². The summed E-state index contributed by atoms with van der Waals surface area (Å²) in [6, 6.07) is 19.7. The van der Waals surface area contributed by atoms with Crippen LogP contribution in [0, 0.1) is 0 Å². The molecule has 4 nitrogen and oxygen atoms in total. The van der Waals surface area contributed by atoms with Crippen molar-refractivity contribution in [2.75, 3.05) is 0 Å². The van der Waals surface area contributed by atoms with Crippen molar-refractivity contribution in [3.63, 3.8) is 0 Å². The fourth-order valence-electron chi connectivity index (χ4n) is 4.61. The van der Waals surface area contributed by atoms with E-state index in [2.05, 4.69) is 13.8 Å². The van der Waals surface area contributed by atoms with Crippen molar-refractivity contribution in [2.24, 2.45) is 0 Å².